The van der Waals surface area contributed by atoms with Crippen molar-refractivity contribution in [2.24, 2.45) is 0 Å². The molecule has 0 aliphatic heterocycles. The van der Waals surface area contributed by atoms with Crippen molar-refractivity contribution in [1.29, 1.82) is 0 Å². The highest BCUT2D eigenvalue weighted by atomic mass is 16.4. The summed E-state index contributed by atoms with van der Waals surface area (Å²) in [6, 6.07) is 5.81. The van der Waals surface area contributed by atoms with Crippen molar-refractivity contribution in [3.05, 3.63) is 29.8 Å². The number of para-hydroxylation sites is 1. The minimum absolute atomic E-state index is 0.0671. The third-order valence-corrected chi connectivity index (χ3v) is 2.75. The number of aliphatic carboxylic acids is 1. The lowest BCUT2D eigenvalue weighted by Gasteiger charge is -2.03. The van der Waals surface area contributed by atoms with Gasteiger partial charge in [-0.1, -0.05) is 44.7 Å². The minimum Gasteiger partial charge on any atom is -0.507 e. The van der Waals surface area contributed by atoms with Gasteiger partial charge >= 0.3 is 11.9 Å². The van der Waals surface area contributed by atoms with Crippen LogP contribution in [0, 0.1) is 0 Å². The molecule has 4 N–H and O–H groups in total. The molecule has 0 amide bonds. The fraction of sp³-hybridized carbons (Fsp3) is 0.467. The summed E-state index contributed by atoms with van der Waals surface area (Å²) in [5.74, 6) is -2.42. The van der Waals surface area contributed by atoms with E-state index >= 15 is 0 Å². The van der Waals surface area contributed by atoms with Gasteiger partial charge < -0.3 is 20.4 Å². The second kappa shape index (κ2) is 10.7. The van der Waals surface area contributed by atoms with Crippen molar-refractivity contribution in [3.63, 3.8) is 0 Å². The van der Waals surface area contributed by atoms with Crippen molar-refractivity contribution in [2.45, 2.75) is 45.1 Å². The summed E-state index contributed by atoms with van der Waals surface area (Å²) in [5, 5.41) is 34.4. The first-order chi connectivity index (χ1) is 9.90. The third kappa shape index (κ3) is 8.65. The maximum atomic E-state index is 10.3. The zero-order valence-corrected chi connectivity index (χ0v) is 12.0. The number of benzene rings is 1. The lowest BCUT2D eigenvalue weighted by atomic mass is 10.1. The van der Waals surface area contributed by atoms with Crippen LogP contribution in [0.5, 0.6) is 5.75 Å². The molecule has 6 heteroatoms. The first kappa shape index (κ1) is 18.9. The van der Waals surface area contributed by atoms with Gasteiger partial charge in [0.15, 0.2) is 6.10 Å². The summed E-state index contributed by atoms with van der Waals surface area (Å²) in [6.07, 6.45) is 3.29. The first-order valence-electron chi connectivity index (χ1n) is 6.82. The Kier molecular flexibility index (Phi) is 9.62. The van der Waals surface area contributed by atoms with Crippen LogP contribution in [-0.4, -0.2) is 38.5 Å². The minimum atomic E-state index is -1.16. The fourth-order valence-electron chi connectivity index (χ4n) is 1.54. The summed E-state index contributed by atoms with van der Waals surface area (Å²) in [6.45, 7) is 2.09. The van der Waals surface area contributed by atoms with Crippen molar-refractivity contribution in [2.75, 3.05) is 0 Å². The molecule has 0 aliphatic rings. The van der Waals surface area contributed by atoms with E-state index in [1.54, 1.807) is 12.1 Å². The van der Waals surface area contributed by atoms with Gasteiger partial charge in [-0.05, 0) is 18.6 Å². The smallest absolute Gasteiger partial charge is 0.339 e. The fourth-order valence-corrected chi connectivity index (χ4v) is 1.54. The van der Waals surface area contributed by atoms with Crippen LogP contribution in [0.25, 0.3) is 0 Å². The van der Waals surface area contributed by atoms with Crippen LogP contribution in [0.3, 0.4) is 0 Å². The maximum absolute atomic E-state index is 10.3. The predicted octanol–water partition coefficient (Wildman–Crippen LogP) is 2.49. The molecule has 1 unspecified atom stereocenters. The van der Waals surface area contributed by atoms with Gasteiger partial charge in [-0.15, -0.1) is 0 Å². The maximum Gasteiger partial charge on any atom is 0.339 e. The van der Waals surface area contributed by atoms with E-state index in [-0.39, 0.29) is 11.3 Å². The van der Waals surface area contributed by atoms with Gasteiger partial charge in [0, 0.05) is 0 Å². The van der Waals surface area contributed by atoms with Gasteiger partial charge in [-0.25, -0.2) is 9.59 Å². The molecule has 0 fully saturated rings. The zero-order chi connectivity index (χ0) is 16.3. The van der Waals surface area contributed by atoms with Crippen molar-refractivity contribution in [3.8, 4) is 5.75 Å². The summed E-state index contributed by atoms with van der Waals surface area (Å²) in [7, 11) is 0. The number of carboxylic acid groups (broad SMARTS) is 2. The zero-order valence-electron chi connectivity index (χ0n) is 12.0. The second-order valence-corrected chi connectivity index (χ2v) is 4.53. The van der Waals surface area contributed by atoms with E-state index in [9.17, 15) is 9.59 Å². The molecule has 0 bridgehead atoms. The Morgan fingerprint density at radius 3 is 2.14 bits per heavy atom. The molecule has 1 atom stereocenters. The van der Waals surface area contributed by atoms with E-state index in [2.05, 4.69) is 6.92 Å². The van der Waals surface area contributed by atoms with Gasteiger partial charge in [-0.3, -0.25) is 0 Å². The molecule has 118 valence electrons. The quantitative estimate of drug-likeness (QED) is 0.575. The summed E-state index contributed by atoms with van der Waals surface area (Å²) in [4.78, 5) is 20.4. The van der Waals surface area contributed by atoms with E-state index in [0.29, 0.717) is 6.42 Å². The van der Waals surface area contributed by atoms with Crippen LogP contribution in [0.15, 0.2) is 24.3 Å². The van der Waals surface area contributed by atoms with Gasteiger partial charge in [0.05, 0.1) is 0 Å². The molecule has 0 radical (unpaired) electrons. The van der Waals surface area contributed by atoms with Crippen LogP contribution in [0.4, 0.5) is 0 Å². The number of hydrogen-bond acceptors (Lipinski definition) is 4. The lowest BCUT2D eigenvalue weighted by Crippen LogP contribution is -2.18. The average molecular weight is 298 g/mol. The molecule has 1 aromatic rings. The van der Waals surface area contributed by atoms with Crippen molar-refractivity contribution >= 4 is 11.9 Å². The average Bonchev–Trinajstić information content (AvgIpc) is 2.44. The molecule has 1 aromatic carbocycles. The third-order valence-electron chi connectivity index (χ3n) is 2.75. The normalized spacial score (nSPS) is 11.1. The Labute approximate surface area is 123 Å². The Morgan fingerprint density at radius 1 is 1.10 bits per heavy atom. The van der Waals surface area contributed by atoms with Gasteiger partial charge in [0.2, 0.25) is 0 Å². The number of aliphatic hydroxyl groups is 1. The SMILES string of the molecule is CCCCCCC(O)C(=O)O.O=C(O)c1ccccc1O. The molecule has 0 saturated carbocycles. The molecular formula is C15H22O6. The molecule has 0 aromatic heterocycles. The van der Waals surface area contributed by atoms with E-state index < -0.39 is 18.0 Å². The van der Waals surface area contributed by atoms with Crippen LogP contribution in [-0.2, 0) is 4.79 Å². The number of rotatable bonds is 7. The molecule has 0 saturated heterocycles. The predicted molar refractivity (Wildman–Crippen MR) is 77.5 cm³/mol. The lowest BCUT2D eigenvalue weighted by molar-refractivity contribution is -0.146. The van der Waals surface area contributed by atoms with Crippen LogP contribution < -0.4 is 0 Å². The highest BCUT2D eigenvalue weighted by Gasteiger charge is 2.11. The summed E-state index contributed by atoms with van der Waals surface area (Å²) >= 11 is 0. The number of aromatic hydroxyl groups is 1. The number of aliphatic hydroxyl groups excluding tert-OH is 1. The monoisotopic (exact) mass is 298 g/mol. The number of carboxylic acids is 2. The largest absolute Gasteiger partial charge is 0.507 e. The van der Waals surface area contributed by atoms with Crippen LogP contribution >= 0.6 is 0 Å². The number of unbranched alkanes of at least 4 members (excludes halogenated alkanes) is 3. The number of aromatic carboxylic acids is 1. The Hall–Kier alpha value is -2.08. The second-order valence-electron chi connectivity index (χ2n) is 4.53. The Bertz CT molecular complexity index is 444. The van der Waals surface area contributed by atoms with Gasteiger partial charge in [0.1, 0.15) is 11.3 Å². The molecule has 0 aliphatic carbocycles. The highest BCUT2D eigenvalue weighted by Crippen LogP contribution is 2.14. The number of hydrogen-bond donors (Lipinski definition) is 4. The highest BCUT2D eigenvalue weighted by molar-refractivity contribution is 5.90. The van der Waals surface area contributed by atoms with Gasteiger partial charge in [-0.2, -0.15) is 0 Å². The topological polar surface area (TPSA) is 115 Å². The van der Waals surface area contributed by atoms with E-state index in [1.165, 1.54) is 12.1 Å². The summed E-state index contributed by atoms with van der Waals surface area (Å²) in [5.41, 5.74) is -0.0671. The molecule has 21 heavy (non-hydrogen) atoms. The van der Waals surface area contributed by atoms with E-state index in [1.807, 2.05) is 0 Å². The number of carbonyl (C=O) groups is 2. The number of phenols is 1. The van der Waals surface area contributed by atoms with Crippen molar-refractivity contribution < 1.29 is 30.0 Å². The standard InChI is InChI=1S/C8H16O3.C7H6O3/c1-2-3-4-5-6-7(9)8(10)11;8-6-4-2-1-3-5(6)7(9)10/h7,9H,2-6H2,1H3,(H,10,11);1-4,8H,(H,9,10). The summed E-state index contributed by atoms with van der Waals surface area (Å²) < 4.78 is 0. The first-order valence-corrected chi connectivity index (χ1v) is 6.82. The molecule has 0 heterocycles. The van der Waals surface area contributed by atoms with E-state index in [4.69, 9.17) is 20.4 Å². The molecule has 0 spiro atoms. The van der Waals surface area contributed by atoms with Crippen LogP contribution in [0.1, 0.15) is 49.4 Å². The molecular weight excluding hydrogens is 276 g/mol. The Balaban J connectivity index is 0.000000382. The molecule has 1 rings (SSSR count). The Morgan fingerprint density at radius 2 is 1.71 bits per heavy atom. The van der Waals surface area contributed by atoms with Crippen LogP contribution in [0.2, 0.25) is 0 Å². The molecule has 6 nitrogen and oxygen atoms in total. The van der Waals surface area contributed by atoms with Gasteiger partial charge in [0.25, 0.3) is 0 Å². The van der Waals surface area contributed by atoms with E-state index in [0.717, 1.165) is 25.7 Å². The van der Waals surface area contributed by atoms with Crippen molar-refractivity contribution in [1.82, 2.24) is 0 Å².